The Hall–Kier alpha value is -1.85. The highest BCUT2D eigenvalue weighted by Gasteiger charge is 2.39. The fraction of sp³-hybridized carbons (Fsp3) is 0.643. The SMILES string of the molecule is COc1cc(NC2(C(=O)O)CCCCCC2)nc(C)n1. The fourth-order valence-corrected chi connectivity index (χ4v) is 2.68. The monoisotopic (exact) mass is 279 g/mol. The van der Waals surface area contributed by atoms with Crippen LogP contribution >= 0.6 is 0 Å². The Bertz CT molecular complexity index is 483. The molecule has 6 heteroatoms. The Morgan fingerprint density at radius 2 is 1.95 bits per heavy atom. The Labute approximate surface area is 118 Å². The summed E-state index contributed by atoms with van der Waals surface area (Å²) in [6, 6.07) is 1.64. The number of carboxylic acid groups (broad SMARTS) is 1. The van der Waals surface area contributed by atoms with Crippen LogP contribution in [0.3, 0.4) is 0 Å². The summed E-state index contributed by atoms with van der Waals surface area (Å²) in [6.07, 6.45) is 5.24. The topological polar surface area (TPSA) is 84.3 Å². The third-order valence-corrected chi connectivity index (χ3v) is 3.76. The number of aromatic nitrogens is 2. The van der Waals surface area contributed by atoms with E-state index < -0.39 is 11.5 Å². The lowest BCUT2D eigenvalue weighted by molar-refractivity contribution is -0.142. The number of anilines is 1. The van der Waals surface area contributed by atoms with Gasteiger partial charge in [-0.1, -0.05) is 25.7 Å². The molecular formula is C14H21N3O3. The molecule has 2 N–H and O–H groups in total. The van der Waals surface area contributed by atoms with Gasteiger partial charge in [0, 0.05) is 6.07 Å². The standard InChI is InChI=1S/C14H21N3O3/c1-10-15-11(9-12(16-10)20-2)17-14(13(18)19)7-5-3-4-6-8-14/h9H,3-8H2,1-2H3,(H,18,19)(H,15,16,17). The number of rotatable bonds is 4. The van der Waals surface area contributed by atoms with Gasteiger partial charge < -0.3 is 15.2 Å². The summed E-state index contributed by atoms with van der Waals surface area (Å²) in [6.45, 7) is 1.76. The lowest BCUT2D eigenvalue weighted by Crippen LogP contribution is -2.46. The van der Waals surface area contributed by atoms with E-state index in [1.165, 1.54) is 7.11 Å². The Balaban J connectivity index is 2.27. The van der Waals surface area contributed by atoms with Crippen molar-refractivity contribution in [2.24, 2.45) is 0 Å². The summed E-state index contributed by atoms with van der Waals surface area (Å²) < 4.78 is 5.10. The highest BCUT2D eigenvalue weighted by Crippen LogP contribution is 2.31. The maximum atomic E-state index is 11.7. The van der Waals surface area contributed by atoms with E-state index in [4.69, 9.17) is 4.74 Å². The number of aryl methyl sites for hydroxylation is 1. The Kier molecular flexibility index (Phi) is 4.42. The second kappa shape index (κ2) is 6.07. The van der Waals surface area contributed by atoms with Crippen molar-refractivity contribution in [1.29, 1.82) is 0 Å². The van der Waals surface area contributed by atoms with E-state index >= 15 is 0 Å². The van der Waals surface area contributed by atoms with Crippen molar-refractivity contribution in [1.82, 2.24) is 9.97 Å². The first-order chi connectivity index (χ1) is 9.55. The first kappa shape index (κ1) is 14.6. The van der Waals surface area contributed by atoms with Gasteiger partial charge >= 0.3 is 5.97 Å². The molecule has 0 unspecified atom stereocenters. The smallest absolute Gasteiger partial charge is 0.329 e. The normalized spacial score (nSPS) is 18.1. The van der Waals surface area contributed by atoms with Crippen molar-refractivity contribution in [2.45, 2.75) is 51.0 Å². The third kappa shape index (κ3) is 3.18. The zero-order valence-corrected chi connectivity index (χ0v) is 12.0. The van der Waals surface area contributed by atoms with Crippen molar-refractivity contribution in [2.75, 3.05) is 12.4 Å². The number of ether oxygens (including phenoxy) is 1. The highest BCUT2D eigenvalue weighted by molar-refractivity contribution is 5.82. The van der Waals surface area contributed by atoms with Gasteiger partial charge in [0.15, 0.2) is 0 Å². The third-order valence-electron chi connectivity index (χ3n) is 3.76. The van der Waals surface area contributed by atoms with Crippen molar-refractivity contribution >= 4 is 11.8 Å². The lowest BCUT2D eigenvalue weighted by Gasteiger charge is -2.30. The van der Waals surface area contributed by atoms with E-state index in [2.05, 4.69) is 15.3 Å². The number of methoxy groups -OCH3 is 1. The van der Waals surface area contributed by atoms with Gasteiger partial charge in [0.05, 0.1) is 7.11 Å². The minimum atomic E-state index is -0.928. The molecule has 1 saturated carbocycles. The molecule has 20 heavy (non-hydrogen) atoms. The number of aliphatic carboxylic acids is 1. The maximum Gasteiger partial charge on any atom is 0.329 e. The molecule has 6 nitrogen and oxygen atoms in total. The van der Waals surface area contributed by atoms with Crippen LogP contribution < -0.4 is 10.1 Å². The van der Waals surface area contributed by atoms with Gasteiger partial charge in [-0.25, -0.2) is 9.78 Å². The molecule has 0 amide bonds. The van der Waals surface area contributed by atoms with Crippen molar-refractivity contribution in [3.63, 3.8) is 0 Å². The molecule has 1 aromatic heterocycles. The predicted octanol–water partition coefficient (Wildman–Crippen LogP) is 2.38. The molecule has 1 heterocycles. The first-order valence-electron chi connectivity index (χ1n) is 6.97. The molecule has 1 aliphatic carbocycles. The number of carbonyl (C=O) groups is 1. The summed E-state index contributed by atoms with van der Waals surface area (Å²) in [4.78, 5) is 20.1. The molecule has 0 saturated heterocycles. The van der Waals surface area contributed by atoms with Crippen LogP contribution in [0, 0.1) is 6.92 Å². The molecule has 0 bridgehead atoms. The quantitative estimate of drug-likeness (QED) is 0.823. The number of nitrogens with zero attached hydrogens (tertiary/aromatic N) is 2. The Morgan fingerprint density at radius 1 is 1.30 bits per heavy atom. The van der Waals surface area contributed by atoms with Gasteiger partial charge in [-0.05, 0) is 19.8 Å². The van der Waals surface area contributed by atoms with E-state index in [9.17, 15) is 9.90 Å². The molecule has 0 atom stereocenters. The first-order valence-corrected chi connectivity index (χ1v) is 6.97. The molecule has 0 aromatic carbocycles. The summed E-state index contributed by atoms with van der Waals surface area (Å²) >= 11 is 0. The van der Waals surface area contributed by atoms with Crippen LogP contribution in [0.1, 0.15) is 44.3 Å². The number of nitrogens with one attached hydrogen (secondary N) is 1. The predicted molar refractivity (Wildman–Crippen MR) is 75.0 cm³/mol. The maximum absolute atomic E-state index is 11.7. The van der Waals surface area contributed by atoms with Crippen LogP contribution in [0.4, 0.5) is 5.82 Å². The van der Waals surface area contributed by atoms with E-state index in [1.54, 1.807) is 13.0 Å². The Morgan fingerprint density at radius 3 is 2.50 bits per heavy atom. The number of carboxylic acids is 1. The molecule has 110 valence electrons. The lowest BCUT2D eigenvalue weighted by atomic mass is 9.90. The molecule has 0 spiro atoms. The zero-order valence-electron chi connectivity index (χ0n) is 12.0. The van der Waals surface area contributed by atoms with Crippen LogP contribution in [0.25, 0.3) is 0 Å². The second-order valence-corrected chi connectivity index (χ2v) is 5.27. The van der Waals surface area contributed by atoms with Crippen molar-refractivity contribution in [3.05, 3.63) is 11.9 Å². The summed E-state index contributed by atoms with van der Waals surface area (Å²) in [5, 5.41) is 12.8. The van der Waals surface area contributed by atoms with Gasteiger partial charge in [0.1, 0.15) is 17.2 Å². The average molecular weight is 279 g/mol. The van der Waals surface area contributed by atoms with Crippen LogP contribution in [0.15, 0.2) is 6.07 Å². The summed E-state index contributed by atoms with van der Waals surface area (Å²) in [7, 11) is 1.53. The van der Waals surface area contributed by atoms with Gasteiger partial charge in [0.2, 0.25) is 5.88 Å². The molecule has 0 radical (unpaired) electrons. The van der Waals surface area contributed by atoms with Gasteiger partial charge in [-0.15, -0.1) is 0 Å². The minimum Gasteiger partial charge on any atom is -0.481 e. The van der Waals surface area contributed by atoms with E-state index in [-0.39, 0.29) is 0 Å². The molecule has 1 aliphatic rings. The minimum absolute atomic E-state index is 0.439. The van der Waals surface area contributed by atoms with Crippen LogP contribution in [-0.2, 0) is 4.79 Å². The average Bonchev–Trinajstić information content (AvgIpc) is 2.64. The van der Waals surface area contributed by atoms with E-state index in [0.29, 0.717) is 30.4 Å². The summed E-state index contributed by atoms with van der Waals surface area (Å²) in [5.41, 5.74) is -0.928. The van der Waals surface area contributed by atoms with Crippen LogP contribution in [-0.4, -0.2) is 33.7 Å². The van der Waals surface area contributed by atoms with Gasteiger partial charge in [-0.3, -0.25) is 0 Å². The fourth-order valence-electron chi connectivity index (χ4n) is 2.68. The molecule has 1 fully saturated rings. The number of hydrogen-bond donors (Lipinski definition) is 2. The van der Waals surface area contributed by atoms with Gasteiger partial charge in [0.25, 0.3) is 0 Å². The highest BCUT2D eigenvalue weighted by atomic mass is 16.5. The van der Waals surface area contributed by atoms with Crippen LogP contribution in [0.2, 0.25) is 0 Å². The molecular weight excluding hydrogens is 258 g/mol. The second-order valence-electron chi connectivity index (χ2n) is 5.27. The van der Waals surface area contributed by atoms with Crippen molar-refractivity contribution < 1.29 is 14.6 Å². The van der Waals surface area contributed by atoms with E-state index in [0.717, 1.165) is 25.7 Å². The number of hydrogen-bond acceptors (Lipinski definition) is 5. The van der Waals surface area contributed by atoms with E-state index in [1.807, 2.05) is 0 Å². The summed E-state index contributed by atoms with van der Waals surface area (Å²) in [5.74, 6) is 0.698. The largest absolute Gasteiger partial charge is 0.481 e. The zero-order chi connectivity index (χ0) is 14.6. The van der Waals surface area contributed by atoms with Gasteiger partial charge in [-0.2, -0.15) is 4.98 Å². The van der Waals surface area contributed by atoms with Crippen molar-refractivity contribution in [3.8, 4) is 5.88 Å². The molecule has 0 aliphatic heterocycles. The van der Waals surface area contributed by atoms with Crippen LogP contribution in [0.5, 0.6) is 5.88 Å². The molecule has 2 rings (SSSR count). The molecule has 1 aromatic rings.